The van der Waals surface area contributed by atoms with Gasteiger partial charge in [0.2, 0.25) is 0 Å². The molecule has 0 rings (SSSR count). The van der Waals surface area contributed by atoms with Crippen LogP contribution in [0.3, 0.4) is 0 Å². The zero-order chi connectivity index (χ0) is 11.9. The van der Waals surface area contributed by atoms with E-state index >= 15 is 0 Å². The lowest BCUT2D eigenvalue weighted by Crippen LogP contribution is -2.32. The van der Waals surface area contributed by atoms with Crippen molar-refractivity contribution in [2.24, 2.45) is 5.41 Å². The van der Waals surface area contributed by atoms with Crippen molar-refractivity contribution < 1.29 is 19.1 Å². The van der Waals surface area contributed by atoms with E-state index in [4.69, 9.17) is 9.47 Å². The molecule has 0 radical (unpaired) electrons. The molecule has 0 spiro atoms. The molecule has 15 heavy (non-hydrogen) atoms. The number of carbonyl (C=O) groups excluding carboxylic acids is 2. The third-order valence-corrected chi connectivity index (χ3v) is 1.63. The molecule has 0 aromatic heterocycles. The van der Waals surface area contributed by atoms with Crippen LogP contribution in [0.1, 0.15) is 13.8 Å². The fourth-order valence-corrected chi connectivity index (χ4v) is 0.699. The number of hydrogen-bond donors (Lipinski definition) is 0. The summed E-state index contributed by atoms with van der Waals surface area (Å²) in [5.74, 6) is -0.987. The molecule has 4 nitrogen and oxygen atoms in total. The Kier molecular flexibility index (Phi) is 5.37. The zero-order valence-electron chi connectivity index (χ0n) is 9.12. The lowest BCUT2D eigenvalue weighted by atomic mass is 9.95. The summed E-state index contributed by atoms with van der Waals surface area (Å²) in [6, 6.07) is 0. The molecule has 0 aliphatic heterocycles. The van der Waals surface area contributed by atoms with E-state index < -0.39 is 17.4 Å². The molecule has 0 unspecified atom stereocenters. The van der Waals surface area contributed by atoms with Crippen molar-refractivity contribution in [2.75, 3.05) is 13.2 Å². The Morgan fingerprint density at radius 3 is 2.33 bits per heavy atom. The van der Waals surface area contributed by atoms with E-state index in [1.807, 2.05) is 0 Å². The molecule has 0 fully saturated rings. The van der Waals surface area contributed by atoms with Gasteiger partial charge >= 0.3 is 11.9 Å². The first-order valence-electron chi connectivity index (χ1n) is 4.51. The second kappa shape index (κ2) is 6.01. The standard InChI is InChI=1S/C11H16O4/c1-5-7-14-10(13)11(3,4)8-15-9(12)6-2/h5-6H,1-2,7-8H2,3-4H3. The van der Waals surface area contributed by atoms with E-state index in [9.17, 15) is 9.59 Å². The summed E-state index contributed by atoms with van der Waals surface area (Å²) in [6.07, 6.45) is 2.52. The van der Waals surface area contributed by atoms with Gasteiger partial charge in [-0.15, -0.1) is 0 Å². The van der Waals surface area contributed by atoms with E-state index in [1.54, 1.807) is 13.8 Å². The normalized spacial score (nSPS) is 10.3. The number of carbonyl (C=O) groups is 2. The minimum atomic E-state index is -0.859. The molecular formula is C11H16O4. The van der Waals surface area contributed by atoms with Crippen LogP contribution >= 0.6 is 0 Å². The van der Waals surface area contributed by atoms with Crippen molar-refractivity contribution in [2.45, 2.75) is 13.8 Å². The second-order valence-electron chi connectivity index (χ2n) is 3.58. The monoisotopic (exact) mass is 212 g/mol. The minimum absolute atomic E-state index is 0.0339. The average molecular weight is 212 g/mol. The molecule has 0 atom stereocenters. The van der Waals surface area contributed by atoms with Crippen molar-refractivity contribution >= 4 is 11.9 Å². The highest BCUT2D eigenvalue weighted by molar-refractivity contribution is 5.82. The van der Waals surface area contributed by atoms with Gasteiger partial charge in [-0.2, -0.15) is 0 Å². The lowest BCUT2D eigenvalue weighted by Gasteiger charge is -2.21. The van der Waals surface area contributed by atoms with Crippen LogP contribution in [0.4, 0.5) is 0 Å². The van der Waals surface area contributed by atoms with E-state index in [-0.39, 0.29) is 13.2 Å². The number of esters is 2. The zero-order valence-corrected chi connectivity index (χ0v) is 9.12. The number of hydrogen-bond acceptors (Lipinski definition) is 4. The molecule has 84 valence electrons. The summed E-state index contributed by atoms with van der Waals surface area (Å²) in [4.78, 5) is 22.2. The van der Waals surface area contributed by atoms with Crippen LogP contribution in [-0.4, -0.2) is 25.2 Å². The van der Waals surface area contributed by atoms with Gasteiger partial charge in [0.15, 0.2) is 0 Å². The van der Waals surface area contributed by atoms with Crippen molar-refractivity contribution in [1.82, 2.24) is 0 Å². The molecule has 0 saturated heterocycles. The van der Waals surface area contributed by atoms with Gasteiger partial charge in [-0.25, -0.2) is 4.79 Å². The Labute approximate surface area is 89.6 Å². The van der Waals surface area contributed by atoms with Gasteiger partial charge in [0.05, 0.1) is 5.41 Å². The van der Waals surface area contributed by atoms with Crippen LogP contribution in [0.15, 0.2) is 25.3 Å². The van der Waals surface area contributed by atoms with Gasteiger partial charge in [-0.05, 0) is 13.8 Å². The fourth-order valence-electron chi connectivity index (χ4n) is 0.699. The first-order valence-corrected chi connectivity index (χ1v) is 4.51. The third kappa shape index (κ3) is 5.00. The lowest BCUT2D eigenvalue weighted by molar-refractivity contribution is -0.158. The Morgan fingerprint density at radius 2 is 1.87 bits per heavy atom. The van der Waals surface area contributed by atoms with Crippen LogP contribution in [0.5, 0.6) is 0 Å². The molecule has 4 heteroatoms. The predicted octanol–water partition coefficient (Wildman–Crippen LogP) is 1.47. The average Bonchev–Trinajstić information content (AvgIpc) is 2.22. The SMILES string of the molecule is C=CCOC(=O)C(C)(C)COC(=O)C=C. The number of ether oxygens (including phenoxy) is 2. The maximum Gasteiger partial charge on any atom is 0.330 e. The highest BCUT2D eigenvalue weighted by Gasteiger charge is 2.30. The highest BCUT2D eigenvalue weighted by atomic mass is 16.5. The van der Waals surface area contributed by atoms with Crippen molar-refractivity contribution in [3.63, 3.8) is 0 Å². The van der Waals surface area contributed by atoms with E-state index in [0.717, 1.165) is 6.08 Å². The van der Waals surface area contributed by atoms with Crippen molar-refractivity contribution in [1.29, 1.82) is 0 Å². The van der Waals surface area contributed by atoms with Crippen LogP contribution in [0.2, 0.25) is 0 Å². The molecule has 0 aliphatic rings. The van der Waals surface area contributed by atoms with E-state index in [2.05, 4.69) is 13.2 Å². The third-order valence-electron chi connectivity index (χ3n) is 1.63. The molecule has 0 aromatic carbocycles. The summed E-state index contributed by atoms with van der Waals surface area (Å²) in [7, 11) is 0. The van der Waals surface area contributed by atoms with Gasteiger partial charge in [0.25, 0.3) is 0 Å². The summed E-state index contributed by atoms with van der Waals surface area (Å²) in [5.41, 5.74) is -0.859. The summed E-state index contributed by atoms with van der Waals surface area (Å²) in [5, 5.41) is 0. The van der Waals surface area contributed by atoms with Crippen LogP contribution in [-0.2, 0) is 19.1 Å². The van der Waals surface area contributed by atoms with Crippen LogP contribution < -0.4 is 0 Å². The minimum Gasteiger partial charge on any atom is -0.461 e. The molecule has 0 heterocycles. The Balaban J connectivity index is 4.15. The molecule has 0 aromatic rings. The Bertz CT molecular complexity index is 266. The predicted molar refractivity (Wildman–Crippen MR) is 56.1 cm³/mol. The largest absolute Gasteiger partial charge is 0.461 e. The smallest absolute Gasteiger partial charge is 0.330 e. The second-order valence-corrected chi connectivity index (χ2v) is 3.58. The molecule has 0 saturated carbocycles. The Morgan fingerprint density at radius 1 is 1.27 bits per heavy atom. The molecular weight excluding hydrogens is 196 g/mol. The summed E-state index contributed by atoms with van der Waals surface area (Å²) in [6.45, 7) is 10.1. The Hall–Kier alpha value is -1.58. The molecule has 0 bridgehead atoms. The molecule has 0 amide bonds. The van der Waals surface area contributed by atoms with Gasteiger partial charge in [-0.1, -0.05) is 19.2 Å². The first kappa shape index (κ1) is 13.4. The van der Waals surface area contributed by atoms with Crippen molar-refractivity contribution in [3.8, 4) is 0 Å². The maximum absolute atomic E-state index is 11.4. The van der Waals surface area contributed by atoms with E-state index in [1.165, 1.54) is 6.08 Å². The van der Waals surface area contributed by atoms with Gasteiger partial charge in [0, 0.05) is 6.08 Å². The van der Waals surface area contributed by atoms with Crippen molar-refractivity contribution in [3.05, 3.63) is 25.3 Å². The maximum atomic E-state index is 11.4. The fraction of sp³-hybridized carbons (Fsp3) is 0.455. The quantitative estimate of drug-likeness (QED) is 0.380. The van der Waals surface area contributed by atoms with Gasteiger partial charge < -0.3 is 9.47 Å². The van der Waals surface area contributed by atoms with E-state index in [0.29, 0.717) is 0 Å². The number of rotatable bonds is 6. The molecule has 0 aliphatic carbocycles. The summed E-state index contributed by atoms with van der Waals surface area (Å²) < 4.78 is 9.62. The van der Waals surface area contributed by atoms with Gasteiger partial charge in [0.1, 0.15) is 13.2 Å². The topological polar surface area (TPSA) is 52.6 Å². The summed E-state index contributed by atoms with van der Waals surface area (Å²) >= 11 is 0. The highest BCUT2D eigenvalue weighted by Crippen LogP contribution is 2.17. The van der Waals surface area contributed by atoms with Gasteiger partial charge in [-0.3, -0.25) is 4.79 Å². The van der Waals surface area contributed by atoms with Crippen LogP contribution in [0, 0.1) is 5.41 Å². The van der Waals surface area contributed by atoms with Crippen LogP contribution in [0.25, 0.3) is 0 Å². The first-order chi connectivity index (χ1) is 6.94. The molecule has 0 N–H and O–H groups in total.